The maximum Gasteiger partial charge on any atom is 0.333 e. The molecule has 106 valence electrons. The molecule has 3 rings (SSSR count). The van der Waals surface area contributed by atoms with Crippen LogP contribution in [0.4, 0.5) is 4.39 Å². The van der Waals surface area contributed by atoms with Gasteiger partial charge in [0.15, 0.2) is 11.6 Å². The number of nitrogens with zero attached hydrogens (tertiary/aromatic N) is 1. The van der Waals surface area contributed by atoms with Crippen LogP contribution in [0.25, 0.3) is 5.52 Å². The number of hydrogen-bond donors (Lipinski definition) is 1. The zero-order valence-electron chi connectivity index (χ0n) is 10.9. The fourth-order valence-corrected chi connectivity index (χ4v) is 2.79. The van der Waals surface area contributed by atoms with Crippen molar-refractivity contribution in [2.24, 2.45) is 0 Å². The Bertz CT molecular complexity index is 836. The van der Waals surface area contributed by atoms with E-state index in [4.69, 9.17) is 16.3 Å². The number of ether oxygens (including phenoxy) is 1. The molecule has 1 N–H and O–H groups in total. The summed E-state index contributed by atoms with van der Waals surface area (Å²) < 4.78 is 20.3. The van der Waals surface area contributed by atoms with Crippen LogP contribution in [0.15, 0.2) is 9.59 Å². The van der Waals surface area contributed by atoms with E-state index in [0.29, 0.717) is 5.56 Å². The molecule has 0 bridgehead atoms. The van der Waals surface area contributed by atoms with E-state index in [1.807, 2.05) is 0 Å². The third-order valence-electron chi connectivity index (χ3n) is 3.60. The number of aryl methyl sites for hydroxylation is 1. The van der Waals surface area contributed by atoms with E-state index in [1.54, 1.807) is 0 Å². The molecule has 0 aromatic carbocycles. The van der Waals surface area contributed by atoms with Crippen molar-refractivity contribution in [2.75, 3.05) is 7.11 Å². The van der Waals surface area contributed by atoms with Gasteiger partial charge in [-0.1, -0.05) is 11.6 Å². The van der Waals surface area contributed by atoms with Crippen LogP contribution in [0.2, 0.25) is 5.02 Å². The van der Waals surface area contributed by atoms with Crippen molar-refractivity contribution in [3.8, 4) is 5.75 Å². The Morgan fingerprint density at radius 1 is 1.40 bits per heavy atom. The molecule has 0 amide bonds. The van der Waals surface area contributed by atoms with Gasteiger partial charge in [0.1, 0.15) is 10.5 Å². The van der Waals surface area contributed by atoms with Crippen LogP contribution < -0.4 is 16.0 Å². The number of halogens is 2. The molecular formula is C13H12ClFN2O3. The van der Waals surface area contributed by atoms with Crippen molar-refractivity contribution in [1.29, 1.82) is 0 Å². The van der Waals surface area contributed by atoms with Gasteiger partial charge < -0.3 is 4.74 Å². The van der Waals surface area contributed by atoms with E-state index in [-0.39, 0.29) is 27.9 Å². The van der Waals surface area contributed by atoms with E-state index in [2.05, 4.69) is 4.98 Å². The number of aromatic amines is 1. The Balaban J connectivity index is 2.64. The summed E-state index contributed by atoms with van der Waals surface area (Å²) in [5.41, 5.74) is -0.397. The Labute approximate surface area is 118 Å². The van der Waals surface area contributed by atoms with Crippen LogP contribution in [0.3, 0.4) is 0 Å². The van der Waals surface area contributed by atoms with E-state index in [1.165, 1.54) is 14.0 Å². The lowest BCUT2D eigenvalue weighted by atomic mass is 10.1. The number of rotatable bonds is 2. The van der Waals surface area contributed by atoms with Crippen molar-refractivity contribution < 1.29 is 9.13 Å². The molecule has 7 heteroatoms. The monoisotopic (exact) mass is 298 g/mol. The van der Waals surface area contributed by atoms with Gasteiger partial charge in [0, 0.05) is 5.56 Å². The average molecular weight is 299 g/mol. The van der Waals surface area contributed by atoms with Crippen LogP contribution in [0.5, 0.6) is 5.75 Å². The summed E-state index contributed by atoms with van der Waals surface area (Å²) in [7, 11) is 1.33. The molecule has 0 atom stereocenters. The number of aromatic nitrogens is 2. The van der Waals surface area contributed by atoms with E-state index >= 15 is 0 Å². The topological polar surface area (TPSA) is 63.6 Å². The number of hydrogen-bond acceptors (Lipinski definition) is 3. The molecule has 2 aromatic heterocycles. The highest BCUT2D eigenvalue weighted by Gasteiger charge is 2.32. The van der Waals surface area contributed by atoms with E-state index in [9.17, 15) is 14.0 Å². The third kappa shape index (κ3) is 1.67. The molecular weight excluding hydrogens is 287 g/mol. The highest BCUT2D eigenvalue weighted by molar-refractivity contribution is 6.33. The molecule has 20 heavy (non-hydrogen) atoms. The normalized spacial score (nSPS) is 14.8. The van der Waals surface area contributed by atoms with Gasteiger partial charge in [-0.3, -0.25) is 14.2 Å². The van der Waals surface area contributed by atoms with Gasteiger partial charge >= 0.3 is 5.69 Å². The Hall–Kier alpha value is -1.82. The molecule has 2 aromatic rings. The largest absolute Gasteiger partial charge is 0.493 e. The van der Waals surface area contributed by atoms with Crippen molar-refractivity contribution in [2.45, 2.75) is 25.7 Å². The molecule has 1 fully saturated rings. The molecule has 2 heterocycles. The highest BCUT2D eigenvalue weighted by Crippen LogP contribution is 2.43. The van der Waals surface area contributed by atoms with Crippen LogP contribution in [-0.2, 0) is 0 Å². The van der Waals surface area contributed by atoms with Crippen molar-refractivity contribution in [3.05, 3.63) is 42.9 Å². The number of pyridine rings is 1. The minimum atomic E-state index is -0.730. The van der Waals surface area contributed by atoms with Gasteiger partial charge in [0.25, 0.3) is 5.56 Å². The van der Waals surface area contributed by atoms with Gasteiger partial charge in [0.05, 0.1) is 12.8 Å². The summed E-state index contributed by atoms with van der Waals surface area (Å²) in [6, 6.07) is 0. The summed E-state index contributed by atoms with van der Waals surface area (Å²) >= 11 is 5.95. The van der Waals surface area contributed by atoms with Crippen LogP contribution >= 0.6 is 11.6 Å². The van der Waals surface area contributed by atoms with E-state index < -0.39 is 17.1 Å². The summed E-state index contributed by atoms with van der Waals surface area (Å²) in [4.78, 5) is 26.3. The Kier molecular flexibility index (Phi) is 2.86. The average Bonchev–Trinajstić information content (AvgIpc) is 3.20. The standard InChI is InChI=1S/C13H12ClFN2O3/c1-5-9(15)8(14)11(20-2)10-7(6-3-4-6)12(18)16-13(19)17(5)10/h6H,3-4H2,1-2H3,(H,16,18,19). The quantitative estimate of drug-likeness (QED) is 0.922. The van der Waals surface area contributed by atoms with Crippen molar-refractivity contribution >= 4 is 17.1 Å². The minimum absolute atomic E-state index is 0.0277. The second kappa shape index (κ2) is 4.34. The lowest BCUT2D eigenvalue weighted by Crippen LogP contribution is -2.31. The first kappa shape index (κ1) is 13.2. The van der Waals surface area contributed by atoms with E-state index in [0.717, 1.165) is 17.2 Å². The van der Waals surface area contributed by atoms with Gasteiger partial charge in [-0.25, -0.2) is 9.18 Å². The summed E-state index contributed by atoms with van der Waals surface area (Å²) in [6.07, 6.45) is 1.71. The second-order valence-corrected chi connectivity index (χ2v) is 5.26. The predicted octanol–water partition coefficient (Wildman–Crippen LogP) is 1.97. The summed E-state index contributed by atoms with van der Waals surface area (Å²) in [5, 5.41) is -0.211. The van der Waals surface area contributed by atoms with Gasteiger partial charge in [-0.15, -0.1) is 0 Å². The first-order valence-electron chi connectivity index (χ1n) is 6.17. The Morgan fingerprint density at radius 3 is 2.60 bits per heavy atom. The van der Waals surface area contributed by atoms with Crippen LogP contribution in [0, 0.1) is 12.7 Å². The molecule has 0 unspecified atom stereocenters. The maximum atomic E-state index is 14.1. The first-order chi connectivity index (χ1) is 9.47. The van der Waals surface area contributed by atoms with Gasteiger partial charge in [-0.2, -0.15) is 0 Å². The number of H-pyrrole nitrogens is 1. The number of nitrogens with one attached hydrogen (secondary N) is 1. The lowest BCUT2D eigenvalue weighted by Gasteiger charge is -2.15. The molecule has 5 nitrogen and oxygen atoms in total. The lowest BCUT2D eigenvalue weighted by molar-refractivity contribution is 0.412. The van der Waals surface area contributed by atoms with Crippen LogP contribution in [-0.4, -0.2) is 16.5 Å². The summed E-state index contributed by atoms with van der Waals surface area (Å²) in [6.45, 7) is 1.43. The smallest absolute Gasteiger partial charge is 0.333 e. The molecule has 1 aliphatic rings. The maximum absolute atomic E-state index is 14.1. The molecule has 0 aliphatic heterocycles. The highest BCUT2D eigenvalue weighted by atomic mass is 35.5. The van der Waals surface area contributed by atoms with Gasteiger partial charge in [-0.05, 0) is 25.7 Å². The molecule has 0 spiro atoms. The molecule has 0 radical (unpaired) electrons. The predicted molar refractivity (Wildman–Crippen MR) is 72.5 cm³/mol. The van der Waals surface area contributed by atoms with Crippen LogP contribution in [0.1, 0.15) is 30.0 Å². The number of methoxy groups -OCH3 is 1. The second-order valence-electron chi connectivity index (χ2n) is 4.88. The van der Waals surface area contributed by atoms with Crippen molar-refractivity contribution in [3.63, 3.8) is 0 Å². The SMILES string of the molecule is COc1c(Cl)c(F)c(C)n2c(=O)[nH]c(=O)c(C3CC3)c12. The zero-order chi connectivity index (χ0) is 14.6. The third-order valence-corrected chi connectivity index (χ3v) is 3.93. The molecule has 1 saturated carbocycles. The zero-order valence-corrected chi connectivity index (χ0v) is 11.7. The van der Waals surface area contributed by atoms with Crippen molar-refractivity contribution in [1.82, 2.24) is 9.38 Å². The summed E-state index contributed by atoms with van der Waals surface area (Å²) in [5.74, 6) is -0.643. The fraction of sp³-hybridized carbons (Fsp3) is 0.385. The number of fused-ring (bicyclic) bond motifs is 1. The Morgan fingerprint density at radius 2 is 2.05 bits per heavy atom. The fourth-order valence-electron chi connectivity index (χ4n) is 2.49. The molecule has 1 aliphatic carbocycles. The minimum Gasteiger partial charge on any atom is -0.493 e. The molecule has 0 saturated heterocycles. The van der Waals surface area contributed by atoms with Gasteiger partial charge in [0.2, 0.25) is 0 Å². The first-order valence-corrected chi connectivity index (χ1v) is 6.55.